The molecule has 3 rings (SSSR count). The minimum Gasteiger partial charge on any atom is -0.480 e. The number of carbonyl (C=O) groups is 4. The Hall–Kier alpha value is -3.18. The molecule has 2 heterocycles. The van der Waals surface area contributed by atoms with Crippen molar-refractivity contribution in [2.24, 2.45) is 5.41 Å². The van der Waals surface area contributed by atoms with Crippen molar-refractivity contribution >= 4 is 52.7 Å². The number of likely N-dealkylation sites (tertiary alicyclic amines) is 1. The van der Waals surface area contributed by atoms with Crippen LogP contribution in [0.1, 0.15) is 55.6 Å². The van der Waals surface area contributed by atoms with E-state index < -0.39 is 29.2 Å². The quantitative estimate of drug-likeness (QED) is 0.214. The molecule has 0 aliphatic carbocycles. The van der Waals surface area contributed by atoms with E-state index in [1.54, 1.807) is 49.3 Å². The summed E-state index contributed by atoms with van der Waals surface area (Å²) < 4.78 is 0. The van der Waals surface area contributed by atoms with Gasteiger partial charge in [-0.25, -0.2) is 14.8 Å². The maximum Gasteiger partial charge on any atom is 0.326 e. The molecule has 204 valence electrons. The number of hydrogen-bond acceptors (Lipinski definition) is 7. The van der Waals surface area contributed by atoms with Gasteiger partial charge in [0.1, 0.15) is 11.5 Å². The van der Waals surface area contributed by atoms with Gasteiger partial charge in [-0.2, -0.15) is 0 Å². The molecule has 12 heteroatoms. The lowest BCUT2D eigenvalue weighted by Gasteiger charge is -2.34. The van der Waals surface area contributed by atoms with Crippen LogP contribution < -0.4 is 10.6 Å². The fraction of sp³-hybridized carbons (Fsp3) is 0.462. The third-order valence-corrected chi connectivity index (χ3v) is 7.66. The van der Waals surface area contributed by atoms with Crippen molar-refractivity contribution in [3.05, 3.63) is 46.7 Å². The van der Waals surface area contributed by atoms with Gasteiger partial charge < -0.3 is 20.6 Å². The predicted molar refractivity (Wildman–Crippen MR) is 145 cm³/mol. The molecule has 0 radical (unpaired) electrons. The van der Waals surface area contributed by atoms with Gasteiger partial charge in [0, 0.05) is 25.2 Å². The number of amides is 3. The Morgan fingerprint density at radius 3 is 2.32 bits per heavy atom. The van der Waals surface area contributed by atoms with Gasteiger partial charge in [-0.15, -0.1) is 0 Å². The zero-order chi connectivity index (χ0) is 27.9. The van der Waals surface area contributed by atoms with Crippen molar-refractivity contribution in [3.8, 4) is 0 Å². The Balaban J connectivity index is 1.69. The second kappa shape index (κ2) is 13.1. The van der Waals surface area contributed by atoms with E-state index in [-0.39, 0.29) is 35.9 Å². The van der Waals surface area contributed by atoms with Gasteiger partial charge in [-0.3, -0.25) is 14.4 Å². The van der Waals surface area contributed by atoms with E-state index in [0.29, 0.717) is 29.5 Å². The number of thioether (sulfide) groups is 1. The first-order valence-electron chi connectivity index (χ1n) is 12.4. The zero-order valence-corrected chi connectivity index (χ0v) is 23.2. The van der Waals surface area contributed by atoms with Crippen LogP contribution in [0.2, 0.25) is 5.02 Å². The molecule has 0 saturated carbocycles. The molecule has 0 spiro atoms. The van der Waals surface area contributed by atoms with Crippen molar-refractivity contribution in [2.45, 2.75) is 57.1 Å². The smallest absolute Gasteiger partial charge is 0.326 e. The molecule has 0 unspecified atom stereocenters. The van der Waals surface area contributed by atoms with Crippen LogP contribution in [0.3, 0.4) is 0 Å². The van der Waals surface area contributed by atoms with Crippen LogP contribution in [0.5, 0.6) is 0 Å². The van der Waals surface area contributed by atoms with Crippen molar-refractivity contribution in [1.82, 2.24) is 20.2 Å². The van der Waals surface area contributed by atoms with E-state index in [1.165, 1.54) is 18.0 Å². The van der Waals surface area contributed by atoms with Crippen LogP contribution in [0.25, 0.3) is 0 Å². The molecule has 2 aromatic rings. The second-order valence-corrected chi connectivity index (χ2v) is 10.2. The first-order chi connectivity index (χ1) is 18.1. The fourth-order valence-corrected chi connectivity index (χ4v) is 4.97. The third kappa shape index (κ3) is 6.63. The highest BCUT2D eigenvalue weighted by Gasteiger charge is 2.46. The van der Waals surface area contributed by atoms with Gasteiger partial charge in [0.25, 0.3) is 5.91 Å². The van der Waals surface area contributed by atoms with E-state index in [4.69, 9.17) is 11.6 Å². The zero-order valence-electron chi connectivity index (χ0n) is 21.6. The highest BCUT2D eigenvalue weighted by molar-refractivity contribution is 7.98. The van der Waals surface area contributed by atoms with Gasteiger partial charge in [0.2, 0.25) is 11.8 Å². The molecule has 1 saturated heterocycles. The maximum atomic E-state index is 13.3. The second-order valence-electron chi connectivity index (χ2n) is 9.06. The number of carboxylic acid groups (broad SMARTS) is 1. The lowest BCUT2D eigenvalue weighted by molar-refractivity contribution is -0.153. The van der Waals surface area contributed by atoms with E-state index in [9.17, 15) is 24.3 Å². The molecule has 0 bridgehead atoms. The molecule has 1 aromatic carbocycles. The SMILES string of the molecule is CCC(CC)(C(=O)N[C@@H](Cc1ccc(NC(=O)c2nc(SC)ncc2Cl)cc1)C(=O)O)C(=O)N1CCCC1. The average Bonchev–Trinajstić information content (AvgIpc) is 3.45. The van der Waals surface area contributed by atoms with Crippen LogP contribution in [0.4, 0.5) is 5.69 Å². The molecule has 1 aliphatic heterocycles. The van der Waals surface area contributed by atoms with Crippen LogP contribution in [0.15, 0.2) is 35.6 Å². The normalized spacial score (nSPS) is 14.2. The number of aromatic nitrogens is 2. The van der Waals surface area contributed by atoms with E-state index in [1.807, 2.05) is 0 Å². The van der Waals surface area contributed by atoms with E-state index in [0.717, 1.165) is 12.8 Å². The van der Waals surface area contributed by atoms with Crippen molar-refractivity contribution in [3.63, 3.8) is 0 Å². The largest absolute Gasteiger partial charge is 0.480 e. The van der Waals surface area contributed by atoms with E-state index in [2.05, 4.69) is 20.6 Å². The summed E-state index contributed by atoms with van der Waals surface area (Å²) in [5.41, 5.74) is -0.167. The first-order valence-corrected chi connectivity index (χ1v) is 14.0. The number of anilines is 1. The van der Waals surface area contributed by atoms with Crippen molar-refractivity contribution in [1.29, 1.82) is 0 Å². The molecule has 1 aromatic heterocycles. The summed E-state index contributed by atoms with van der Waals surface area (Å²) in [5, 5.41) is 15.7. The van der Waals surface area contributed by atoms with Crippen molar-refractivity contribution < 1.29 is 24.3 Å². The third-order valence-electron chi connectivity index (χ3n) is 6.82. The highest BCUT2D eigenvalue weighted by atomic mass is 35.5. The first kappa shape index (κ1) is 29.4. The number of aliphatic carboxylic acids is 1. The maximum absolute atomic E-state index is 13.3. The van der Waals surface area contributed by atoms with Gasteiger partial charge in [-0.05, 0) is 49.6 Å². The molecular formula is C26H32ClN5O5S. The topological polar surface area (TPSA) is 142 Å². The Morgan fingerprint density at radius 2 is 1.76 bits per heavy atom. The summed E-state index contributed by atoms with van der Waals surface area (Å²) in [6.45, 7) is 4.77. The van der Waals surface area contributed by atoms with Gasteiger partial charge in [-0.1, -0.05) is 49.3 Å². The number of hydrogen-bond donors (Lipinski definition) is 3. The fourth-order valence-electron chi connectivity index (χ4n) is 4.45. The monoisotopic (exact) mass is 561 g/mol. The van der Waals surface area contributed by atoms with Gasteiger partial charge >= 0.3 is 5.97 Å². The summed E-state index contributed by atoms with van der Waals surface area (Å²) in [7, 11) is 0. The minimum absolute atomic E-state index is 0.00549. The average molecular weight is 562 g/mol. The lowest BCUT2D eigenvalue weighted by atomic mass is 9.79. The Labute approximate surface area is 230 Å². The van der Waals surface area contributed by atoms with Gasteiger partial charge in [0.15, 0.2) is 10.9 Å². The molecule has 38 heavy (non-hydrogen) atoms. The summed E-state index contributed by atoms with van der Waals surface area (Å²) >= 11 is 7.35. The van der Waals surface area contributed by atoms with Crippen LogP contribution >= 0.6 is 23.4 Å². The van der Waals surface area contributed by atoms with Crippen LogP contribution in [-0.4, -0.2) is 69.1 Å². The molecule has 10 nitrogen and oxygen atoms in total. The summed E-state index contributed by atoms with van der Waals surface area (Å²) in [6, 6.07) is 5.34. The Kier molecular flexibility index (Phi) is 10.1. The number of rotatable bonds is 11. The summed E-state index contributed by atoms with van der Waals surface area (Å²) in [6.07, 6.45) is 5.51. The summed E-state index contributed by atoms with van der Waals surface area (Å²) in [4.78, 5) is 61.1. The van der Waals surface area contributed by atoms with Gasteiger partial charge in [0.05, 0.1) is 11.2 Å². The Bertz CT molecular complexity index is 1180. The molecular weight excluding hydrogens is 530 g/mol. The summed E-state index contributed by atoms with van der Waals surface area (Å²) in [5.74, 6) is -2.51. The van der Waals surface area contributed by atoms with E-state index >= 15 is 0 Å². The lowest BCUT2D eigenvalue weighted by Crippen LogP contribution is -2.55. The standard InChI is InChI=1S/C26H32ClN5O5S/c1-4-26(5-2,24(37)32-12-6-7-13-32)23(36)30-19(22(34)35)14-16-8-10-17(11-9-16)29-21(33)20-18(27)15-28-25(31-20)38-3/h8-11,15,19H,4-7,12-14H2,1-3H3,(H,29,33)(H,30,36)(H,34,35)/t19-/m0/s1. The molecule has 3 amide bonds. The minimum atomic E-state index is -1.30. The number of nitrogens with zero attached hydrogens (tertiary/aromatic N) is 3. The molecule has 1 atom stereocenters. The number of carbonyl (C=O) groups excluding carboxylic acids is 3. The van der Waals surface area contributed by atoms with Crippen molar-refractivity contribution in [2.75, 3.05) is 24.7 Å². The number of halogens is 1. The molecule has 1 fully saturated rings. The number of nitrogens with one attached hydrogen (secondary N) is 2. The van der Waals surface area contributed by atoms with Crippen LogP contribution in [-0.2, 0) is 20.8 Å². The highest BCUT2D eigenvalue weighted by Crippen LogP contribution is 2.31. The molecule has 3 N–H and O–H groups in total. The number of benzene rings is 1. The molecule has 1 aliphatic rings. The predicted octanol–water partition coefficient (Wildman–Crippen LogP) is 3.64. The number of carboxylic acids is 1. The Morgan fingerprint density at radius 1 is 1.13 bits per heavy atom. The van der Waals surface area contributed by atoms with Crippen LogP contribution in [0, 0.1) is 5.41 Å².